The van der Waals surface area contributed by atoms with E-state index in [4.69, 9.17) is 28.0 Å². The number of nitrogen functional groups attached to an aromatic ring is 1. The largest absolute Gasteiger partial charge is 0.384 e. The molecule has 0 heterocycles. The molecule has 0 aliphatic heterocycles. The molecule has 0 radical (unpaired) electrons. The fourth-order valence-corrected chi connectivity index (χ4v) is 5.50. The van der Waals surface area contributed by atoms with Gasteiger partial charge in [-0.1, -0.05) is 73.4 Å². The highest BCUT2D eigenvalue weighted by atomic mass is 16.2. The number of hydrogen-bond donors (Lipinski definition) is 8. The molecule has 42 heavy (non-hydrogen) atoms. The SMILES string of the molecule is Cc1cccc([C@H](Cc2ccc(C(=N)N)cc2)C(=O)N[C@H](C(=O)NC(CCCNC(=N)N)C(N)=O)C2CCCCC2)c1. The molecule has 3 atom stereocenters. The minimum absolute atomic E-state index is 0.0276. The Hall–Kier alpha value is -4.41. The predicted octanol–water partition coefficient (Wildman–Crippen LogP) is 1.90. The third-order valence-corrected chi connectivity index (χ3v) is 7.81. The lowest BCUT2D eigenvalue weighted by Crippen LogP contribution is -2.56. The first-order valence-corrected chi connectivity index (χ1v) is 14.5. The normalized spacial score (nSPS) is 15.5. The van der Waals surface area contributed by atoms with Gasteiger partial charge in [0.1, 0.15) is 17.9 Å². The molecule has 0 saturated heterocycles. The van der Waals surface area contributed by atoms with Crippen LogP contribution >= 0.6 is 0 Å². The van der Waals surface area contributed by atoms with Crippen LogP contribution in [-0.4, -0.2) is 48.1 Å². The number of carbonyl (C=O) groups excluding carboxylic acids is 3. The molecular formula is C31H44N8O3. The molecule has 3 amide bonds. The van der Waals surface area contributed by atoms with E-state index in [1.807, 2.05) is 43.3 Å². The van der Waals surface area contributed by atoms with Crippen molar-refractivity contribution in [2.45, 2.75) is 76.3 Å². The number of aryl methyl sites for hydroxylation is 1. The van der Waals surface area contributed by atoms with Gasteiger partial charge in [-0.3, -0.25) is 25.2 Å². The van der Waals surface area contributed by atoms with Gasteiger partial charge in [0.15, 0.2) is 5.96 Å². The van der Waals surface area contributed by atoms with Crippen LogP contribution in [0.25, 0.3) is 0 Å². The molecular weight excluding hydrogens is 532 g/mol. The zero-order chi connectivity index (χ0) is 30.6. The predicted molar refractivity (Wildman–Crippen MR) is 164 cm³/mol. The monoisotopic (exact) mass is 576 g/mol. The van der Waals surface area contributed by atoms with E-state index in [1.54, 1.807) is 12.1 Å². The maximum Gasteiger partial charge on any atom is 0.243 e. The number of rotatable bonds is 14. The Kier molecular flexibility index (Phi) is 11.9. The van der Waals surface area contributed by atoms with Gasteiger partial charge < -0.3 is 33.2 Å². The van der Waals surface area contributed by atoms with Gasteiger partial charge in [-0.15, -0.1) is 0 Å². The van der Waals surface area contributed by atoms with Crippen molar-refractivity contribution in [2.24, 2.45) is 23.1 Å². The van der Waals surface area contributed by atoms with Crippen LogP contribution in [-0.2, 0) is 20.8 Å². The average molecular weight is 577 g/mol. The van der Waals surface area contributed by atoms with Gasteiger partial charge in [-0.05, 0) is 56.1 Å². The Morgan fingerprint density at radius 1 is 0.929 bits per heavy atom. The second kappa shape index (κ2) is 15.6. The van der Waals surface area contributed by atoms with E-state index < -0.39 is 29.8 Å². The number of nitrogens with one attached hydrogen (secondary N) is 5. The van der Waals surface area contributed by atoms with Crippen molar-refractivity contribution in [3.8, 4) is 0 Å². The third-order valence-electron chi connectivity index (χ3n) is 7.81. The summed E-state index contributed by atoms with van der Waals surface area (Å²) in [6, 6.07) is 13.3. The summed E-state index contributed by atoms with van der Waals surface area (Å²) in [5.74, 6) is -2.20. The van der Waals surface area contributed by atoms with Gasteiger partial charge in [0.05, 0.1) is 5.92 Å². The first-order valence-electron chi connectivity index (χ1n) is 14.5. The molecule has 11 heteroatoms. The van der Waals surface area contributed by atoms with E-state index in [0.29, 0.717) is 24.9 Å². The Morgan fingerprint density at radius 2 is 1.62 bits per heavy atom. The fraction of sp³-hybridized carbons (Fsp3) is 0.452. The first kappa shape index (κ1) is 32.1. The molecule has 1 aliphatic rings. The van der Waals surface area contributed by atoms with E-state index in [1.165, 1.54) is 0 Å². The Labute approximate surface area is 247 Å². The van der Waals surface area contributed by atoms with Crippen molar-refractivity contribution in [2.75, 3.05) is 6.54 Å². The van der Waals surface area contributed by atoms with Gasteiger partial charge >= 0.3 is 0 Å². The zero-order valence-corrected chi connectivity index (χ0v) is 24.2. The Bertz CT molecular complexity index is 1260. The number of primary amides is 1. The molecule has 0 aromatic heterocycles. The second-order valence-electron chi connectivity index (χ2n) is 11.1. The van der Waals surface area contributed by atoms with Crippen LogP contribution in [0.5, 0.6) is 0 Å². The topological polar surface area (TPSA) is 213 Å². The summed E-state index contributed by atoms with van der Waals surface area (Å²) >= 11 is 0. The lowest BCUT2D eigenvalue weighted by atomic mass is 9.82. The molecule has 0 spiro atoms. The Morgan fingerprint density at radius 3 is 2.21 bits per heavy atom. The zero-order valence-electron chi connectivity index (χ0n) is 24.2. The highest BCUT2D eigenvalue weighted by Crippen LogP contribution is 2.29. The standard InChI is InChI=1S/C31H44N8O3/c1-19-7-5-10-23(17-19)24(18-20-12-14-22(15-13-20)27(32)33)29(41)39-26(21-8-3-2-4-9-21)30(42)38-25(28(34)40)11-6-16-37-31(35)36/h5,7,10,12-15,17,21,24-26H,2-4,6,8-9,11,16,18H2,1H3,(H3,32,33)(H2,34,40)(H,38,42)(H,39,41)(H4,35,36,37)/t24-,25?,26-/m0/s1. The third kappa shape index (κ3) is 9.60. The van der Waals surface area contributed by atoms with E-state index in [-0.39, 0.29) is 30.0 Å². The second-order valence-corrected chi connectivity index (χ2v) is 11.1. The van der Waals surface area contributed by atoms with Crippen molar-refractivity contribution in [1.82, 2.24) is 16.0 Å². The van der Waals surface area contributed by atoms with Crippen molar-refractivity contribution < 1.29 is 14.4 Å². The maximum absolute atomic E-state index is 14.0. The van der Waals surface area contributed by atoms with Gasteiger partial charge in [0.25, 0.3) is 0 Å². The number of hydrogen-bond acceptors (Lipinski definition) is 5. The smallest absolute Gasteiger partial charge is 0.243 e. The summed E-state index contributed by atoms with van der Waals surface area (Å²) in [7, 11) is 0. The van der Waals surface area contributed by atoms with Crippen molar-refractivity contribution >= 4 is 29.5 Å². The van der Waals surface area contributed by atoms with Gasteiger partial charge in [0.2, 0.25) is 17.7 Å². The van der Waals surface area contributed by atoms with Gasteiger partial charge in [-0.2, -0.15) is 0 Å². The van der Waals surface area contributed by atoms with Crippen LogP contribution in [0, 0.1) is 23.7 Å². The fourth-order valence-electron chi connectivity index (χ4n) is 5.50. The Balaban J connectivity index is 1.83. The number of benzene rings is 2. The lowest BCUT2D eigenvalue weighted by molar-refractivity contribution is -0.133. The van der Waals surface area contributed by atoms with Crippen LogP contribution in [0.4, 0.5) is 0 Å². The maximum atomic E-state index is 14.0. The first-order chi connectivity index (χ1) is 20.0. The number of carbonyl (C=O) groups is 3. The van der Waals surface area contributed by atoms with Crippen molar-refractivity contribution in [3.05, 3.63) is 70.8 Å². The van der Waals surface area contributed by atoms with Crippen LogP contribution in [0.1, 0.15) is 73.1 Å². The summed E-state index contributed by atoms with van der Waals surface area (Å²) < 4.78 is 0. The van der Waals surface area contributed by atoms with Crippen molar-refractivity contribution in [3.63, 3.8) is 0 Å². The molecule has 1 fully saturated rings. The van der Waals surface area contributed by atoms with Crippen LogP contribution < -0.4 is 33.2 Å². The summed E-state index contributed by atoms with van der Waals surface area (Å²) in [6.45, 7) is 2.33. The van der Waals surface area contributed by atoms with E-state index in [0.717, 1.165) is 48.8 Å². The summed E-state index contributed by atoms with van der Waals surface area (Å²) in [4.78, 5) is 39.9. The number of amides is 3. The molecule has 1 saturated carbocycles. The van der Waals surface area contributed by atoms with E-state index in [2.05, 4.69) is 16.0 Å². The molecule has 1 aliphatic carbocycles. The molecule has 11 nitrogen and oxygen atoms in total. The summed E-state index contributed by atoms with van der Waals surface area (Å²) in [6.07, 6.45) is 5.72. The van der Waals surface area contributed by atoms with Crippen LogP contribution in [0.15, 0.2) is 48.5 Å². The minimum atomic E-state index is -0.915. The molecule has 0 bridgehead atoms. The molecule has 1 unspecified atom stereocenters. The molecule has 2 aromatic carbocycles. The van der Waals surface area contributed by atoms with E-state index >= 15 is 0 Å². The van der Waals surface area contributed by atoms with Crippen LogP contribution in [0.3, 0.4) is 0 Å². The lowest BCUT2D eigenvalue weighted by Gasteiger charge is -2.32. The van der Waals surface area contributed by atoms with E-state index in [9.17, 15) is 14.4 Å². The molecule has 3 rings (SSSR count). The molecule has 11 N–H and O–H groups in total. The molecule has 2 aromatic rings. The van der Waals surface area contributed by atoms with Crippen molar-refractivity contribution in [1.29, 1.82) is 10.8 Å². The highest BCUT2D eigenvalue weighted by Gasteiger charge is 2.35. The number of guanidine groups is 1. The number of nitrogens with two attached hydrogens (primary N) is 3. The summed E-state index contributed by atoms with van der Waals surface area (Å²) in [5, 5.41) is 23.5. The highest BCUT2D eigenvalue weighted by molar-refractivity contribution is 5.95. The van der Waals surface area contributed by atoms with Gasteiger partial charge in [-0.25, -0.2) is 0 Å². The van der Waals surface area contributed by atoms with Gasteiger partial charge in [0, 0.05) is 12.1 Å². The van der Waals surface area contributed by atoms with Crippen LogP contribution in [0.2, 0.25) is 0 Å². The summed E-state index contributed by atoms with van der Waals surface area (Å²) in [5.41, 5.74) is 19.9. The quantitative estimate of drug-likeness (QED) is 0.0954. The minimum Gasteiger partial charge on any atom is -0.384 e. The molecule has 226 valence electrons. The number of amidine groups is 1. The average Bonchev–Trinajstić information content (AvgIpc) is 2.96.